The van der Waals surface area contributed by atoms with Crippen LogP contribution < -0.4 is 10.6 Å². The number of carbonyl (C=O) groups excluding carboxylic acids is 1. The standard InChI is InChI=1S/C20H18ClF3N4O2S/c1-10(29)11-4-2-5-12(8-11)25-19(30)17-16(21)18-26-13(14-6-3-7-31-14)9-15(20(22,23)24)28(18)27-17/h2-8,10,13,15,26,29H,9H2,1H3,(H,25,30)/t10-,13-,15+/m0/s1. The van der Waals surface area contributed by atoms with Crippen molar-refractivity contribution in [1.82, 2.24) is 9.78 Å². The van der Waals surface area contributed by atoms with Crippen molar-refractivity contribution >= 4 is 40.4 Å². The van der Waals surface area contributed by atoms with Crippen LogP contribution >= 0.6 is 22.9 Å². The van der Waals surface area contributed by atoms with Crippen molar-refractivity contribution in [3.8, 4) is 0 Å². The van der Waals surface area contributed by atoms with Gasteiger partial charge in [-0.1, -0.05) is 29.8 Å². The van der Waals surface area contributed by atoms with E-state index >= 15 is 0 Å². The fourth-order valence-corrected chi connectivity index (χ4v) is 4.53. The summed E-state index contributed by atoms with van der Waals surface area (Å²) in [6, 6.07) is 7.47. The molecule has 0 bridgehead atoms. The summed E-state index contributed by atoms with van der Waals surface area (Å²) in [4.78, 5) is 13.5. The van der Waals surface area contributed by atoms with Crippen molar-refractivity contribution in [3.05, 3.63) is 62.9 Å². The molecule has 3 atom stereocenters. The molecule has 1 aliphatic rings. The first kappa shape index (κ1) is 21.7. The topological polar surface area (TPSA) is 79.2 Å². The third-order valence-electron chi connectivity index (χ3n) is 5.02. The molecule has 0 spiro atoms. The molecule has 164 valence electrons. The summed E-state index contributed by atoms with van der Waals surface area (Å²) < 4.78 is 42.1. The van der Waals surface area contributed by atoms with Crippen LogP contribution in [0.5, 0.6) is 0 Å². The first-order valence-corrected chi connectivity index (χ1v) is 10.6. The third kappa shape index (κ3) is 4.28. The minimum absolute atomic E-state index is 0.0449. The van der Waals surface area contributed by atoms with Crippen LogP contribution in [0.1, 0.15) is 52.5 Å². The Balaban J connectivity index is 1.67. The second-order valence-electron chi connectivity index (χ2n) is 7.22. The van der Waals surface area contributed by atoms with Crippen molar-refractivity contribution in [3.63, 3.8) is 0 Å². The van der Waals surface area contributed by atoms with Crippen molar-refractivity contribution in [2.45, 2.75) is 37.7 Å². The highest BCUT2D eigenvalue weighted by molar-refractivity contribution is 7.10. The van der Waals surface area contributed by atoms with Crippen LogP contribution in [0.25, 0.3) is 0 Å². The van der Waals surface area contributed by atoms with E-state index in [2.05, 4.69) is 15.7 Å². The van der Waals surface area contributed by atoms with E-state index in [0.29, 0.717) is 11.3 Å². The fourth-order valence-electron chi connectivity index (χ4n) is 3.48. The zero-order valence-electron chi connectivity index (χ0n) is 16.2. The number of aliphatic hydroxyl groups excluding tert-OH is 1. The quantitative estimate of drug-likeness (QED) is 0.466. The van der Waals surface area contributed by atoms with Crippen LogP contribution in [-0.4, -0.2) is 27.0 Å². The number of aliphatic hydroxyl groups is 1. The molecule has 6 nitrogen and oxygen atoms in total. The molecule has 0 saturated carbocycles. The first-order chi connectivity index (χ1) is 14.6. The van der Waals surface area contributed by atoms with E-state index in [9.17, 15) is 23.1 Å². The van der Waals surface area contributed by atoms with Gasteiger partial charge in [-0.15, -0.1) is 11.3 Å². The lowest BCUT2D eigenvalue weighted by atomic mass is 10.0. The summed E-state index contributed by atoms with van der Waals surface area (Å²) >= 11 is 7.66. The van der Waals surface area contributed by atoms with Gasteiger partial charge in [-0.2, -0.15) is 18.3 Å². The summed E-state index contributed by atoms with van der Waals surface area (Å²) in [5.74, 6) is -0.790. The Hall–Kier alpha value is -2.56. The summed E-state index contributed by atoms with van der Waals surface area (Å²) in [5.41, 5.74) is 0.626. The highest BCUT2D eigenvalue weighted by Gasteiger charge is 2.48. The van der Waals surface area contributed by atoms with E-state index in [-0.39, 0.29) is 23.0 Å². The number of hydrogen-bond donors (Lipinski definition) is 3. The molecule has 0 saturated heterocycles. The van der Waals surface area contributed by atoms with Crippen molar-refractivity contribution in [1.29, 1.82) is 0 Å². The fraction of sp³-hybridized carbons (Fsp3) is 0.300. The molecule has 0 fully saturated rings. The number of carbonyl (C=O) groups is 1. The number of aromatic nitrogens is 2. The molecule has 11 heteroatoms. The average Bonchev–Trinajstić information content (AvgIpc) is 3.35. The summed E-state index contributed by atoms with van der Waals surface area (Å²) in [6.45, 7) is 1.58. The smallest absolute Gasteiger partial charge is 0.389 e. The van der Waals surface area contributed by atoms with Crippen LogP contribution in [0.3, 0.4) is 0 Å². The lowest BCUT2D eigenvalue weighted by Crippen LogP contribution is -2.35. The van der Waals surface area contributed by atoms with Gasteiger partial charge in [0.15, 0.2) is 11.7 Å². The number of thiophene rings is 1. The van der Waals surface area contributed by atoms with E-state index in [0.717, 1.165) is 9.56 Å². The summed E-state index contributed by atoms with van der Waals surface area (Å²) in [5, 5.41) is 20.8. The molecule has 4 rings (SSSR count). The molecule has 1 aromatic carbocycles. The number of amides is 1. The lowest BCUT2D eigenvalue weighted by molar-refractivity contribution is -0.173. The molecule has 3 N–H and O–H groups in total. The molecule has 2 aromatic heterocycles. The monoisotopic (exact) mass is 470 g/mol. The lowest BCUT2D eigenvalue weighted by Gasteiger charge is -2.32. The minimum Gasteiger partial charge on any atom is -0.389 e. The normalized spacial score (nSPS) is 19.4. The molecule has 0 radical (unpaired) electrons. The summed E-state index contributed by atoms with van der Waals surface area (Å²) in [7, 11) is 0. The van der Waals surface area contributed by atoms with Gasteiger partial charge in [0.1, 0.15) is 10.8 Å². The van der Waals surface area contributed by atoms with Gasteiger partial charge in [-0.25, -0.2) is 4.68 Å². The average molecular weight is 471 g/mol. The van der Waals surface area contributed by atoms with Gasteiger partial charge >= 0.3 is 6.18 Å². The van der Waals surface area contributed by atoms with Crippen LogP contribution in [0.15, 0.2) is 41.8 Å². The van der Waals surface area contributed by atoms with Gasteiger partial charge < -0.3 is 15.7 Å². The molecule has 31 heavy (non-hydrogen) atoms. The number of anilines is 2. The van der Waals surface area contributed by atoms with E-state index in [1.54, 1.807) is 48.7 Å². The predicted molar refractivity (Wildman–Crippen MR) is 113 cm³/mol. The molecule has 3 heterocycles. The van der Waals surface area contributed by atoms with Gasteiger partial charge in [0.2, 0.25) is 0 Å². The van der Waals surface area contributed by atoms with Crippen LogP contribution in [0.2, 0.25) is 5.02 Å². The highest BCUT2D eigenvalue weighted by Crippen LogP contribution is 2.46. The van der Waals surface area contributed by atoms with Gasteiger partial charge in [-0.3, -0.25) is 4.79 Å². The predicted octanol–water partition coefficient (Wildman–Crippen LogP) is 5.56. The summed E-state index contributed by atoms with van der Waals surface area (Å²) in [6.07, 6.45) is -5.58. The first-order valence-electron chi connectivity index (χ1n) is 9.39. The van der Waals surface area contributed by atoms with Gasteiger partial charge in [0.05, 0.1) is 12.1 Å². The van der Waals surface area contributed by atoms with E-state index in [1.807, 2.05) is 0 Å². The number of halogens is 4. The molecular weight excluding hydrogens is 453 g/mol. The number of alkyl halides is 3. The molecule has 1 amide bonds. The minimum atomic E-state index is -4.57. The maximum absolute atomic E-state index is 13.8. The Kier molecular flexibility index (Phi) is 5.71. The van der Waals surface area contributed by atoms with Crippen LogP contribution in [-0.2, 0) is 0 Å². The number of fused-ring (bicyclic) bond motifs is 1. The van der Waals surface area contributed by atoms with Crippen molar-refractivity contribution in [2.24, 2.45) is 0 Å². The SMILES string of the molecule is C[C@H](O)c1cccc(NC(=O)c2nn3c(c2Cl)N[C@H](c2cccs2)C[C@@H]3C(F)(F)F)c1. The molecule has 0 unspecified atom stereocenters. The molecular formula is C20H18ClF3N4O2S. The molecule has 0 aliphatic carbocycles. The second-order valence-corrected chi connectivity index (χ2v) is 8.57. The van der Waals surface area contributed by atoms with Crippen LogP contribution in [0.4, 0.5) is 24.7 Å². The van der Waals surface area contributed by atoms with E-state index in [1.165, 1.54) is 11.3 Å². The van der Waals surface area contributed by atoms with Crippen molar-refractivity contribution in [2.75, 3.05) is 10.6 Å². The van der Waals surface area contributed by atoms with E-state index in [4.69, 9.17) is 11.6 Å². The number of nitrogens with zero attached hydrogens (tertiary/aromatic N) is 2. The second kappa shape index (κ2) is 8.18. The number of hydrogen-bond acceptors (Lipinski definition) is 5. The molecule has 1 aliphatic heterocycles. The van der Waals surface area contributed by atoms with Gasteiger partial charge in [0, 0.05) is 17.0 Å². The van der Waals surface area contributed by atoms with Crippen molar-refractivity contribution < 1.29 is 23.1 Å². The number of benzene rings is 1. The largest absolute Gasteiger partial charge is 0.410 e. The molecule has 3 aromatic rings. The highest BCUT2D eigenvalue weighted by atomic mass is 35.5. The number of rotatable bonds is 4. The zero-order valence-corrected chi connectivity index (χ0v) is 17.7. The maximum atomic E-state index is 13.8. The van der Waals surface area contributed by atoms with E-state index < -0.39 is 30.3 Å². The number of nitrogens with one attached hydrogen (secondary N) is 2. The third-order valence-corrected chi connectivity index (χ3v) is 6.37. The van der Waals surface area contributed by atoms with Crippen LogP contribution in [0, 0.1) is 0 Å². The van der Waals surface area contributed by atoms with Gasteiger partial charge in [0.25, 0.3) is 5.91 Å². The Morgan fingerprint density at radius 2 is 2.16 bits per heavy atom. The van der Waals surface area contributed by atoms with Gasteiger partial charge in [-0.05, 0) is 36.1 Å². The maximum Gasteiger partial charge on any atom is 0.410 e. The zero-order chi connectivity index (χ0) is 22.3. The Bertz CT molecular complexity index is 1100. The Morgan fingerprint density at radius 1 is 1.39 bits per heavy atom. The Labute approximate surface area is 184 Å². The Morgan fingerprint density at radius 3 is 2.81 bits per heavy atom.